The summed E-state index contributed by atoms with van der Waals surface area (Å²) in [6, 6.07) is 26.7. The zero-order chi connectivity index (χ0) is 40.0. The van der Waals surface area contributed by atoms with Gasteiger partial charge in [-0.05, 0) is 53.3 Å². The van der Waals surface area contributed by atoms with Crippen molar-refractivity contribution in [2.45, 2.75) is 87.3 Å². The Morgan fingerprint density at radius 3 is 1.82 bits per heavy atom. The first-order valence-electron chi connectivity index (χ1n) is 18.8. The maximum Gasteiger partial charge on any atom is 0.243 e. The highest BCUT2D eigenvalue weighted by molar-refractivity contribution is 5.95. The van der Waals surface area contributed by atoms with Crippen LogP contribution in [0, 0.1) is 0 Å². The number of aliphatic hydroxyl groups excluding tert-OH is 4. The molecule has 1 unspecified atom stereocenters. The molecule has 1 aliphatic heterocycles. The van der Waals surface area contributed by atoms with E-state index >= 15 is 0 Å². The summed E-state index contributed by atoms with van der Waals surface area (Å²) in [5, 5.41) is 53.8. The molecule has 0 spiro atoms. The lowest BCUT2D eigenvalue weighted by atomic mass is 9.96. The molecule has 10 N–H and O–H groups in total. The first-order valence-corrected chi connectivity index (χ1v) is 18.8. The average molecular weight is 770 g/mol. The van der Waals surface area contributed by atoms with E-state index in [0.717, 1.165) is 27.5 Å². The summed E-state index contributed by atoms with van der Waals surface area (Å²) in [6.07, 6.45) is -5.08. The van der Waals surface area contributed by atoms with Gasteiger partial charge in [0, 0.05) is 12.8 Å². The topological polar surface area (TPSA) is 233 Å². The Bertz CT molecular complexity index is 1900. The van der Waals surface area contributed by atoms with Crippen LogP contribution < -0.4 is 27.0 Å². The second kappa shape index (κ2) is 20.6. The third-order valence-electron chi connectivity index (χ3n) is 9.82. The Morgan fingerprint density at radius 1 is 0.643 bits per heavy atom. The second-order valence-electron chi connectivity index (χ2n) is 14.0. The van der Waals surface area contributed by atoms with Gasteiger partial charge in [0.1, 0.15) is 42.5 Å². The van der Waals surface area contributed by atoms with Crippen molar-refractivity contribution >= 4 is 34.4 Å². The molecule has 1 saturated heterocycles. The van der Waals surface area contributed by atoms with Gasteiger partial charge in [-0.1, -0.05) is 103 Å². The van der Waals surface area contributed by atoms with Gasteiger partial charge >= 0.3 is 0 Å². The van der Waals surface area contributed by atoms with Crippen LogP contribution in [0.5, 0.6) is 0 Å². The minimum absolute atomic E-state index is 0.0179. The number of rotatable bonds is 18. The normalized spacial score (nSPS) is 21.0. The van der Waals surface area contributed by atoms with Crippen molar-refractivity contribution in [3.8, 4) is 0 Å². The molecular weight excluding hydrogens is 718 g/mol. The van der Waals surface area contributed by atoms with E-state index in [9.17, 15) is 39.6 Å². The molecular formula is C42H51N5O9. The summed E-state index contributed by atoms with van der Waals surface area (Å²) < 4.78 is 5.18. The van der Waals surface area contributed by atoms with Crippen molar-refractivity contribution in [3.63, 3.8) is 0 Å². The first kappa shape index (κ1) is 41.9. The largest absolute Gasteiger partial charge is 0.394 e. The van der Waals surface area contributed by atoms with E-state index in [1.807, 2.05) is 78.9 Å². The molecule has 14 nitrogen and oxygen atoms in total. The minimum atomic E-state index is -1.77. The van der Waals surface area contributed by atoms with E-state index in [1.54, 1.807) is 24.3 Å². The molecule has 8 atom stereocenters. The van der Waals surface area contributed by atoms with Gasteiger partial charge in [0.2, 0.25) is 23.6 Å². The van der Waals surface area contributed by atoms with Crippen LogP contribution in [-0.2, 0) is 43.2 Å². The molecule has 4 aromatic rings. The van der Waals surface area contributed by atoms with Gasteiger partial charge in [-0.15, -0.1) is 0 Å². The lowest BCUT2D eigenvalue weighted by Crippen LogP contribution is -2.66. The van der Waals surface area contributed by atoms with E-state index in [-0.39, 0.29) is 31.6 Å². The summed E-state index contributed by atoms with van der Waals surface area (Å²) in [5.41, 5.74) is 7.96. The molecule has 0 saturated carbocycles. The van der Waals surface area contributed by atoms with Gasteiger partial charge < -0.3 is 52.2 Å². The number of amides is 4. The number of fused-ring (bicyclic) bond motifs is 1. The maximum atomic E-state index is 14.2. The molecule has 1 heterocycles. The molecule has 0 aliphatic carbocycles. The fraction of sp³-hybridized carbons (Fsp3) is 0.381. The van der Waals surface area contributed by atoms with Crippen molar-refractivity contribution in [3.05, 3.63) is 120 Å². The van der Waals surface area contributed by atoms with Crippen LogP contribution in [0.15, 0.2) is 103 Å². The fourth-order valence-electron chi connectivity index (χ4n) is 6.72. The van der Waals surface area contributed by atoms with Gasteiger partial charge in [-0.25, -0.2) is 0 Å². The van der Waals surface area contributed by atoms with Crippen molar-refractivity contribution in [2.75, 3.05) is 13.2 Å². The lowest BCUT2D eigenvalue weighted by molar-refractivity contribution is -0.254. The molecule has 5 rings (SSSR count). The van der Waals surface area contributed by atoms with Gasteiger partial charge in [-0.3, -0.25) is 19.2 Å². The van der Waals surface area contributed by atoms with Crippen LogP contribution in [0.2, 0.25) is 0 Å². The van der Waals surface area contributed by atoms with Crippen molar-refractivity contribution in [1.82, 2.24) is 21.3 Å². The molecule has 0 radical (unpaired) electrons. The van der Waals surface area contributed by atoms with Crippen molar-refractivity contribution in [2.24, 2.45) is 5.73 Å². The molecule has 14 heteroatoms. The van der Waals surface area contributed by atoms with Gasteiger partial charge in [-0.2, -0.15) is 0 Å². The van der Waals surface area contributed by atoms with Crippen LogP contribution in [-0.4, -0.2) is 106 Å². The van der Waals surface area contributed by atoms with Crippen LogP contribution in [0.25, 0.3) is 10.8 Å². The summed E-state index contributed by atoms with van der Waals surface area (Å²) in [7, 11) is 0. The summed E-state index contributed by atoms with van der Waals surface area (Å²) in [5.74, 6) is -2.48. The van der Waals surface area contributed by atoms with Gasteiger partial charge in [0.05, 0.1) is 13.0 Å². The molecule has 0 bridgehead atoms. The van der Waals surface area contributed by atoms with E-state index in [4.69, 9.17) is 10.5 Å². The third-order valence-corrected chi connectivity index (χ3v) is 9.82. The zero-order valence-corrected chi connectivity index (χ0v) is 31.0. The van der Waals surface area contributed by atoms with E-state index in [0.29, 0.717) is 19.4 Å². The fourth-order valence-corrected chi connectivity index (χ4v) is 6.72. The number of hydrogen-bond donors (Lipinski definition) is 9. The molecule has 1 aliphatic rings. The molecule has 0 aromatic heterocycles. The van der Waals surface area contributed by atoms with Crippen LogP contribution in [0.1, 0.15) is 36.0 Å². The number of nitrogens with two attached hydrogens (primary N) is 1. The predicted octanol–water partition coefficient (Wildman–Crippen LogP) is 0.367. The quantitative estimate of drug-likeness (QED) is 0.0631. The van der Waals surface area contributed by atoms with Crippen LogP contribution >= 0.6 is 0 Å². The highest BCUT2D eigenvalue weighted by Gasteiger charge is 2.45. The Morgan fingerprint density at radius 2 is 1.21 bits per heavy atom. The molecule has 298 valence electrons. The second-order valence-corrected chi connectivity index (χ2v) is 14.0. The van der Waals surface area contributed by atoms with Gasteiger partial charge in [0.25, 0.3) is 0 Å². The van der Waals surface area contributed by atoms with Crippen LogP contribution in [0.3, 0.4) is 0 Å². The lowest BCUT2D eigenvalue weighted by Gasteiger charge is -2.40. The SMILES string of the molecule is NCCCC[C@H](NC(=O)[C@H](Cc1ccccc1)NC(=O)[C@H](Cc1ccccc1)NC(=O)Cc1ccc2ccccc2c1)C(=O)N[C@H]1C(O)O[C@H](CO)[C@@H](O)[C@@H]1O. The highest BCUT2D eigenvalue weighted by Crippen LogP contribution is 2.21. The van der Waals surface area contributed by atoms with E-state index in [2.05, 4.69) is 21.3 Å². The van der Waals surface area contributed by atoms with E-state index in [1.165, 1.54) is 0 Å². The zero-order valence-electron chi connectivity index (χ0n) is 31.0. The Hall–Kier alpha value is -5.22. The average Bonchev–Trinajstić information content (AvgIpc) is 3.20. The van der Waals surface area contributed by atoms with Crippen molar-refractivity contribution in [1.29, 1.82) is 0 Å². The summed E-state index contributed by atoms with van der Waals surface area (Å²) >= 11 is 0. The number of benzene rings is 4. The predicted molar refractivity (Wildman–Crippen MR) is 209 cm³/mol. The maximum absolute atomic E-state index is 14.2. The number of hydrogen-bond acceptors (Lipinski definition) is 10. The van der Waals surface area contributed by atoms with Crippen molar-refractivity contribution < 1.29 is 44.3 Å². The van der Waals surface area contributed by atoms with E-state index < -0.39 is 73.1 Å². The van der Waals surface area contributed by atoms with Gasteiger partial charge in [0.15, 0.2) is 6.29 Å². The number of carbonyl (C=O) groups is 4. The molecule has 4 aromatic carbocycles. The van der Waals surface area contributed by atoms with Crippen LogP contribution in [0.4, 0.5) is 0 Å². The number of unbranched alkanes of at least 4 members (excludes halogenated alkanes) is 1. The third kappa shape index (κ3) is 11.6. The Labute approximate surface area is 325 Å². The molecule has 4 amide bonds. The number of nitrogens with one attached hydrogen (secondary N) is 4. The Kier molecular flexibility index (Phi) is 15.4. The molecule has 1 fully saturated rings. The smallest absolute Gasteiger partial charge is 0.243 e. The number of carbonyl (C=O) groups excluding carboxylic acids is 4. The molecule has 56 heavy (non-hydrogen) atoms. The standard InChI is InChI=1S/C42H51N5O9/c43-20-10-9-17-31(39(52)47-36-38(51)37(50)34(25-48)56-42(36)55)45-41(54)33(23-27-13-5-2-6-14-27)46-40(53)32(22-26-11-3-1-4-12-26)44-35(49)24-28-18-19-29-15-7-8-16-30(29)21-28/h1-8,11-16,18-19,21,31-34,36-38,42,48,50-51,55H,9-10,17,20,22-25,43H2,(H,44,49)(H,45,54)(H,46,53)(H,47,52)/t31-,32-,33-,34+,36+,37+,38+,42?/m0/s1. The first-order chi connectivity index (χ1) is 27.1. The Balaban J connectivity index is 1.35. The number of aliphatic hydroxyl groups is 4. The minimum Gasteiger partial charge on any atom is -0.394 e. The summed E-state index contributed by atoms with van der Waals surface area (Å²) in [6.45, 7) is -0.352. The summed E-state index contributed by atoms with van der Waals surface area (Å²) in [4.78, 5) is 55.4. The highest BCUT2D eigenvalue weighted by atomic mass is 16.6. The monoisotopic (exact) mass is 769 g/mol. The number of ether oxygens (including phenoxy) is 1.